The fourth-order valence-corrected chi connectivity index (χ4v) is 3.91. The van der Waals surface area contributed by atoms with Crippen molar-refractivity contribution in [3.8, 4) is 11.1 Å². The minimum atomic E-state index is -1.53. The van der Waals surface area contributed by atoms with E-state index in [1.807, 2.05) is 36.4 Å². The van der Waals surface area contributed by atoms with E-state index in [0.717, 1.165) is 38.1 Å². The molecule has 5 aromatic rings. The monoisotopic (exact) mass is 348 g/mol. The van der Waals surface area contributed by atoms with Crippen LogP contribution in [-0.2, 0) is 0 Å². The van der Waals surface area contributed by atoms with E-state index in [4.69, 9.17) is 0 Å². The summed E-state index contributed by atoms with van der Waals surface area (Å²) >= 11 is 0. The Morgan fingerprint density at radius 1 is 0.519 bits per heavy atom. The molecule has 0 aliphatic heterocycles. The average Bonchev–Trinajstić information content (AvgIpc) is 2.71. The van der Waals surface area contributed by atoms with Gasteiger partial charge in [0.1, 0.15) is 0 Å². The summed E-state index contributed by atoms with van der Waals surface area (Å²) in [7, 11) is -1.53. The van der Waals surface area contributed by atoms with Crippen molar-refractivity contribution in [2.45, 2.75) is 0 Å². The first-order valence-corrected chi connectivity index (χ1v) is 9.01. The van der Waals surface area contributed by atoms with E-state index in [1.54, 1.807) is 0 Å². The second-order valence-electron chi connectivity index (χ2n) is 6.89. The normalized spacial score (nSPS) is 11.3. The molecule has 0 saturated carbocycles. The summed E-state index contributed by atoms with van der Waals surface area (Å²) in [5.74, 6) is 0. The highest BCUT2D eigenvalue weighted by atomic mass is 16.4. The number of hydrogen-bond acceptors (Lipinski definition) is 2. The number of fused-ring (bicyclic) bond motifs is 3. The van der Waals surface area contributed by atoms with Crippen LogP contribution in [0.15, 0.2) is 91.0 Å². The van der Waals surface area contributed by atoms with Crippen LogP contribution in [0, 0.1) is 0 Å². The van der Waals surface area contributed by atoms with Crippen molar-refractivity contribution in [1.82, 2.24) is 0 Å². The van der Waals surface area contributed by atoms with Crippen LogP contribution in [0.5, 0.6) is 0 Å². The zero-order valence-electron chi connectivity index (χ0n) is 14.6. The first-order valence-electron chi connectivity index (χ1n) is 9.01. The summed E-state index contributed by atoms with van der Waals surface area (Å²) in [4.78, 5) is 0. The highest BCUT2D eigenvalue weighted by molar-refractivity contribution is 6.61. The van der Waals surface area contributed by atoms with Gasteiger partial charge in [-0.05, 0) is 67.1 Å². The first kappa shape index (κ1) is 16.1. The lowest BCUT2D eigenvalue weighted by Crippen LogP contribution is -2.31. The predicted molar refractivity (Wildman–Crippen MR) is 114 cm³/mol. The van der Waals surface area contributed by atoms with Crippen molar-refractivity contribution >= 4 is 44.9 Å². The van der Waals surface area contributed by atoms with Gasteiger partial charge in [-0.1, -0.05) is 72.8 Å². The van der Waals surface area contributed by atoms with Gasteiger partial charge in [0.15, 0.2) is 0 Å². The smallest absolute Gasteiger partial charge is 0.423 e. The minimum Gasteiger partial charge on any atom is -0.423 e. The van der Waals surface area contributed by atoms with E-state index in [0.29, 0.717) is 5.46 Å². The molecular weight excluding hydrogens is 331 g/mol. The Labute approximate surface area is 157 Å². The van der Waals surface area contributed by atoms with Crippen molar-refractivity contribution in [3.05, 3.63) is 91.0 Å². The van der Waals surface area contributed by atoms with E-state index >= 15 is 0 Å². The average molecular weight is 348 g/mol. The molecule has 2 N–H and O–H groups in total. The van der Waals surface area contributed by atoms with Gasteiger partial charge in [-0.2, -0.15) is 0 Å². The first-order chi connectivity index (χ1) is 13.2. The zero-order chi connectivity index (χ0) is 18.4. The second-order valence-corrected chi connectivity index (χ2v) is 6.89. The molecule has 27 heavy (non-hydrogen) atoms. The quantitative estimate of drug-likeness (QED) is 0.364. The Morgan fingerprint density at radius 2 is 1.11 bits per heavy atom. The van der Waals surface area contributed by atoms with Gasteiger partial charge in [-0.3, -0.25) is 0 Å². The molecule has 0 saturated heterocycles. The van der Waals surface area contributed by atoms with Crippen LogP contribution < -0.4 is 5.46 Å². The molecule has 0 aromatic heterocycles. The largest absolute Gasteiger partial charge is 0.489 e. The summed E-state index contributed by atoms with van der Waals surface area (Å²) in [5, 5.41) is 26.7. The van der Waals surface area contributed by atoms with Crippen LogP contribution in [0.3, 0.4) is 0 Å². The summed E-state index contributed by atoms with van der Waals surface area (Å²) in [5.41, 5.74) is 2.38. The molecule has 0 spiro atoms. The second kappa shape index (κ2) is 6.24. The van der Waals surface area contributed by atoms with E-state index in [-0.39, 0.29) is 0 Å². The molecule has 0 aliphatic carbocycles. The fraction of sp³-hybridized carbons (Fsp3) is 0. The number of hydrogen-bond donors (Lipinski definition) is 2. The van der Waals surface area contributed by atoms with E-state index in [1.165, 1.54) is 5.39 Å². The molecule has 0 bridgehead atoms. The zero-order valence-corrected chi connectivity index (χ0v) is 14.6. The lowest BCUT2D eigenvalue weighted by molar-refractivity contribution is 0.426. The molecule has 3 heteroatoms. The van der Waals surface area contributed by atoms with Crippen LogP contribution in [0.25, 0.3) is 43.4 Å². The van der Waals surface area contributed by atoms with Gasteiger partial charge in [-0.15, -0.1) is 0 Å². The van der Waals surface area contributed by atoms with Gasteiger partial charge in [0, 0.05) is 0 Å². The highest BCUT2D eigenvalue weighted by Gasteiger charge is 2.20. The van der Waals surface area contributed by atoms with E-state index in [2.05, 4.69) is 54.6 Å². The molecule has 5 rings (SSSR count). The maximum Gasteiger partial charge on any atom is 0.489 e. The molecular formula is C24H17BO2. The third-order valence-electron chi connectivity index (χ3n) is 5.23. The van der Waals surface area contributed by atoms with Gasteiger partial charge in [-0.25, -0.2) is 0 Å². The van der Waals surface area contributed by atoms with Crippen molar-refractivity contribution in [2.24, 2.45) is 0 Å². The molecule has 0 unspecified atom stereocenters. The molecule has 0 radical (unpaired) electrons. The third kappa shape index (κ3) is 2.69. The standard InChI is InChI=1S/C24H17BO2/c26-25(27)23-12-11-20-13-18-7-3-4-8-19(18)15-22(20)24(23)21-10-9-16-5-1-2-6-17(16)14-21/h1-15,26-27H. The van der Waals surface area contributed by atoms with E-state index < -0.39 is 7.12 Å². The third-order valence-corrected chi connectivity index (χ3v) is 5.23. The molecule has 128 valence electrons. The molecule has 0 amide bonds. The van der Waals surface area contributed by atoms with Gasteiger partial charge >= 0.3 is 7.12 Å². The molecule has 2 nitrogen and oxygen atoms in total. The molecule has 0 fully saturated rings. The van der Waals surface area contributed by atoms with Crippen LogP contribution in [0.1, 0.15) is 0 Å². The predicted octanol–water partition coefficient (Wildman–Crippen LogP) is 4.49. The van der Waals surface area contributed by atoms with Crippen LogP contribution in [-0.4, -0.2) is 17.2 Å². The SMILES string of the molecule is OB(O)c1ccc2cc3ccccc3cc2c1-c1ccc2ccccc2c1. The lowest BCUT2D eigenvalue weighted by Gasteiger charge is -2.15. The minimum absolute atomic E-state index is 0.521. The molecule has 5 aromatic carbocycles. The van der Waals surface area contributed by atoms with Gasteiger partial charge in [0.2, 0.25) is 0 Å². The summed E-state index contributed by atoms with van der Waals surface area (Å²) < 4.78 is 0. The van der Waals surface area contributed by atoms with Crippen LogP contribution in [0.4, 0.5) is 0 Å². The molecule has 0 atom stereocenters. The maximum absolute atomic E-state index is 10.0. The number of benzene rings is 5. The van der Waals surface area contributed by atoms with Gasteiger partial charge in [0.05, 0.1) is 0 Å². The Morgan fingerprint density at radius 3 is 1.81 bits per heavy atom. The Kier molecular flexibility index (Phi) is 3.71. The Balaban J connectivity index is 1.88. The van der Waals surface area contributed by atoms with Crippen molar-refractivity contribution in [1.29, 1.82) is 0 Å². The topological polar surface area (TPSA) is 40.5 Å². The lowest BCUT2D eigenvalue weighted by atomic mass is 9.73. The fourth-order valence-electron chi connectivity index (χ4n) is 3.91. The molecule has 0 heterocycles. The summed E-state index contributed by atoms with van der Waals surface area (Å²) in [6.07, 6.45) is 0. The van der Waals surface area contributed by atoms with Crippen molar-refractivity contribution in [3.63, 3.8) is 0 Å². The van der Waals surface area contributed by atoms with E-state index in [9.17, 15) is 10.0 Å². The van der Waals surface area contributed by atoms with Gasteiger partial charge < -0.3 is 10.0 Å². The summed E-state index contributed by atoms with van der Waals surface area (Å²) in [6.45, 7) is 0. The van der Waals surface area contributed by atoms with Crippen molar-refractivity contribution < 1.29 is 10.0 Å². The van der Waals surface area contributed by atoms with Crippen LogP contribution in [0.2, 0.25) is 0 Å². The summed E-state index contributed by atoms with van der Waals surface area (Å²) in [6, 6.07) is 30.8. The Bertz CT molecular complexity index is 1310. The van der Waals surface area contributed by atoms with Crippen LogP contribution >= 0.6 is 0 Å². The van der Waals surface area contributed by atoms with Crippen molar-refractivity contribution in [2.75, 3.05) is 0 Å². The van der Waals surface area contributed by atoms with Gasteiger partial charge in [0.25, 0.3) is 0 Å². The molecule has 0 aliphatic rings. The Hall–Kier alpha value is -3.14. The number of rotatable bonds is 2. The maximum atomic E-state index is 10.0. The highest BCUT2D eigenvalue weighted by Crippen LogP contribution is 2.32.